The van der Waals surface area contributed by atoms with Gasteiger partial charge in [0.15, 0.2) is 0 Å². The first-order valence-electron chi connectivity index (χ1n) is 5.49. The SMILES string of the molecule is CCn1cc(Nc2ccc(C(N)=S)cc2Br)cn1. The van der Waals surface area contributed by atoms with Gasteiger partial charge >= 0.3 is 0 Å². The van der Waals surface area contributed by atoms with E-state index in [-0.39, 0.29) is 0 Å². The number of nitrogens with zero attached hydrogens (tertiary/aromatic N) is 2. The van der Waals surface area contributed by atoms with Crippen LogP contribution in [0.25, 0.3) is 0 Å². The number of rotatable bonds is 4. The van der Waals surface area contributed by atoms with Crippen molar-refractivity contribution in [3.8, 4) is 0 Å². The van der Waals surface area contributed by atoms with Crippen molar-refractivity contribution >= 4 is 44.5 Å². The van der Waals surface area contributed by atoms with Gasteiger partial charge in [0.2, 0.25) is 0 Å². The van der Waals surface area contributed by atoms with Crippen molar-refractivity contribution < 1.29 is 0 Å². The molecule has 1 aromatic carbocycles. The van der Waals surface area contributed by atoms with E-state index in [0.717, 1.165) is 28.0 Å². The zero-order valence-corrected chi connectivity index (χ0v) is 12.3. The van der Waals surface area contributed by atoms with Crippen LogP contribution in [0.15, 0.2) is 35.1 Å². The highest BCUT2D eigenvalue weighted by atomic mass is 79.9. The molecule has 1 heterocycles. The van der Waals surface area contributed by atoms with Crippen LogP contribution in [-0.4, -0.2) is 14.8 Å². The standard InChI is InChI=1S/C12H13BrN4S/c1-2-17-7-9(6-15-17)16-11-4-3-8(12(14)18)5-10(11)13/h3-7,16H,2H2,1H3,(H2,14,18). The number of aromatic nitrogens is 2. The van der Waals surface area contributed by atoms with E-state index in [9.17, 15) is 0 Å². The topological polar surface area (TPSA) is 55.9 Å². The van der Waals surface area contributed by atoms with E-state index in [0.29, 0.717) is 4.99 Å². The first kappa shape index (κ1) is 13.0. The highest BCUT2D eigenvalue weighted by Crippen LogP contribution is 2.26. The van der Waals surface area contributed by atoms with Crippen molar-refractivity contribution in [2.45, 2.75) is 13.5 Å². The maximum absolute atomic E-state index is 5.58. The lowest BCUT2D eigenvalue weighted by Gasteiger charge is -2.08. The molecule has 0 saturated carbocycles. The summed E-state index contributed by atoms with van der Waals surface area (Å²) in [7, 11) is 0. The molecule has 2 rings (SSSR count). The minimum Gasteiger partial charge on any atom is -0.389 e. The quantitative estimate of drug-likeness (QED) is 0.849. The Bertz CT molecular complexity index is 579. The molecule has 0 spiro atoms. The van der Waals surface area contributed by atoms with E-state index >= 15 is 0 Å². The van der Waals surface area contributed by atoms with Crippen LogP contribution < -0.4 is 11.1 Å². The highest BCUT2D eigenvalue weighted by molar-refractivity contribution is 9.10. The Labute approximate surface area is 119 Å². The Hall–Kier alpha value is -1.40. The number of benzene rings is 1. The lowest BCUT2D eigenvalue weighted by atomic mass is 10.2. The number of hydrogen-bond donors (Lipinski definition) is 2. The molecule has 0 unspecified atom stereocenters. The number of aryl methyl sites for hydroxylation is 1. The molecule has 0 aliphatic heterocycles. The number of hydrogen-bond acceptors (Lipinski definition) is 3. The minimum atomic E-state index is 0.390. The fourth-order valence-electron chi connectivity index (χ4n) is 1.53. The summed E-state index contributed by atoms with van der Waals surface area (Å²) in [6.45, 7) is 2.90. The Morgan fingerprint density at radius 3 is 2.89 bits per heavy atom. The van der Waals surface area contributed by atoms with E-state index < -0.39 is 0 Å². The summed E-state index contributed by atoms with van der Waals surface area (Å²) in [5, 5.41) is 7.48. The van der Waals surface area contributed by atoms with Crippen molar-refractivity contribution in [3.63, 3.8) is 0 Å². The van der Waals surface area contributed by atoms with Gasteiger partial charge in [0.25, 0.3) is 0 Å². The van der Waals surface area contributed by atoms with Crippen molar-refractivity contribution in [1.82, 2.24) is 9.78 Å². The lowest BCUT2D eigenvalue weighted by Crippen LogP contribution is -2.09. The predicted octanol–water partition coefficient (Wildman–Crippen LogP) is 3.04. The van der Waals surface area contributed by atoms with Crippen molar-refractivity contribution in [3.05, 3.63) is 40.6 Å². The van der Waals surface area contributed by atoms with Gasteiger partial charge in [0, 0.05) is 22.8 Å². The molecule has 2 aromatic rings. The minimum absolute atomic E-state index is 0.390. The molecule has 4 nitrogen and oxygen atoms in total. The Kier molecular flexibility index (Phi) is 3.98. The summed E-state index contributed by atoms with van der Waals surface area (Å²) in [6.07, 6.45) is 3.74. The highest BCUT2D eigenvalue weighted by Gasteiger charge is 2.05. The number of thiocarbonyl (C=S) groups is 1. The van der Waals surface area contributed by atoms with Crippen molar-refractivity contribution in [1.29, 1.82) is 0 Å². The Morgan fingerprint density at radius 2 is 2.33 bits per heavy atom. The average molecular weight is 325 g/mol. The summed E-state index contributed by atoms with van der Waals surface area (Å²) in [5.41, 5.74) is 8.32. The monoisotopic (exact) mass is 324 g/mol. The maximum Gasteiger partial charge on any atom is 0.104 e. The molecule has 0 radical (unpaired) electrons. The van der Waals surface area contributed by atoms with Crippen LogP contribution >= 0.6 is 28.1 Å². The summed E-state index contributed by atoms with van der Waals surface area (Å²) < 4.78 is 2.77. The number of nitrogens with one attached hydrogen (secondary N) is 1. The average Bonchev–Trinajstić information content (AvgIpc) is 2.79. The van der Waals surface area contributed by atoms with Gasteiger partial charge in [-0.05, 0) is 41.1 Å². The third-order valence-corrected chi connectivity index (χ3v) is 3.38. The molecule has 0 fully saturated rings. The Morgan fingerprint density at radius 1 is 1.56 bits per heavy atom. The largest absolute Gasteiger partial charge is 0.389 e. The lowest BCUT2D eigenvalue weighted by molar-refractivity contribution is 0.660. The summed E-state index contributed by atoms with van der Waals surface area (Å²) in [4.78, 5) is 0.390. The second kappa shape index (κ2) is 5.49. The number of halogens is 1. The van der Waals surface area contributed by atoms with Gasteiger partial charge in [-0.25, -0.2) is 0 Å². The summed E-state index contributed by atoms with van der Waals surface area (Å²) in [5.74, 6) is 0. The molecule has 0 amide bonds. The first-order chi connectivity index (χ1) is 8.60. The number of anilines is 2. The fraction of sp³-hybridized carbons (Fsp3) is 0.167. The molecule has 0 saturated heterocycles. The van der Waals surface area contributed by atoms with Crippen LogP contribution in [0.3, 0.4) is 0 Å². The zero-order valence-electron chi connectivity index (χ0n) is 9.85. The van der Waals surface area contributed by atoms with Crippen LogP contribution in [0.1, 0.15) is 12.5 Å². The number of nitrogens with two attached hydrogens (primary N) is 1. The van der Waals surface area contributed by atoms with Gasteiger partial charge in [-0.3, -0.25) is 4.68 Å². The molecule has 18 heavy (non-hydrogen) atoms. The van der Waals surface area contributed by atoms with Gasteiger partial charge in [-0.15, -0.1) is 0 Å². The van der Waals surface area contributed by atoms with Gasteiger partial charge in [-0.1, -0.05) is 12.2 Å². The fourth-order valence-corrected chi connectivity index (χ4v) is 2.13. The second-order valence-corrected chi connectivity index (χ2v) is 5.06. The molecule has 6 heteroatoms. The molecule has 0 aliphatic carbocycles. The van der Waals surface area contributed by atoms with Crippen LogP contribution in [0.2, 0.25) is 0 Å². The molecule has 0 aliphatic rings. The van der Waals surface area contributed by atoms with Crippen molar-refractivity contribution in [2.75, 3.05) is 5.32 Å². The molecule has 0 atom stereocenters. The van der Waals surface area contributed by atoms with Crippen LogP contribution in [0, 0.1) is 0 Å². The van der Waals surface area contributed by atoms with E-state index in [2.05, 4.69) is 26.3 Å². The normalized spacial score (nSPS) is 10.3. The smallest absolute Gasteiger partial charge is 0.104 e. The first-order valence-corrected chi connectivity index (χ1v) is 6.69. The molecule has 0 bridgehead atoms. The third kappa shape index (κ3) is 2.88. The van der Waals surface area contributed by atoms with Gasteiger partial charge in [0.1, 0.15) is 4.99 Å². The molecular formula is C12H13BrN4S. The van der Waals surface area contributed by atoms with Gasteiger partial charge in [-0.2, -0.15) is 5.10 Å². The van der Waals surface area contributed by atoms with Gasteiger partial charge < -0.3 is 11.1 Å². The van der Waals surface area contributed by atoms with E-state index in [1.807, 2.05) is 36.0 Å². The Balaban J connectivity index is 2.21. The zero-order chi connectivity index (χ0) is 13.1. The summed E-state index contributed by atoms with van der Waals surface area (Å²) in [6, 6.07) is 5.72. The van der Waals surface area contributed by atoms with Crippen LogP contribution in [0.5, 0.6) is 0 Å². The second-order valence-electron chi connectivity index (χ2n) is 3.77. The third-order valence-electron chi connectivity index (χ3n) is 2.49. The molecule has 3 N–H and O–H groups in total. The molecular weight excluding hydrogens is 312 g/mol. The van der Waals surface area contributed by atoms with Crippen LogP contribution in [0.4, 0.5) is 11.4 Å². The predicted molar refractivity (Wildman–Crippen MR) is 81.2 cm³/mol. The van der Waals surface area contributed by atoms with E-state index in [4.69, 9.17) is 18.0 Å². The van der Waals surface area contributed by atoms with Crippen LogP contribution in [-0.2, 0) is 6.54 Å². The maximum atomic E-state index is 5.58. The molecule has 94 valence electrons. The molecule has 1 aromatic heterocycles. The van der Waals surface area contributed by atoms with Crippen molar-refractivity contribution in [2.24, 2.45) is 5.73 Å². The summed E-state index contributed by atoms with van der Waals surface area (Å²) >= 11 is 8.43. The van der Waals surface area contributed by atoms with E-state index in [1.165, 1.54) is 0 Å². The van der Waals surface area contributed by atoms with E-state index in [1.54, 1.807) is 6.20 Å². The van der Waals surface area contributed by atoms with Gasteiger partial charge in [0.05, 0.1) is 17.6 Å².